The molecule has 3 aromatic rings. The van der Waals surface area contributed by atoms with E-state index in [-0.39, 0.29) is 10.0 Å². The summed E-state index contributed by atoms with van der Waals surface area (Å²) in [5.41, 5.74) is 0.639. The Bertz CT molecular complexity index is 960. The number of hydrogen-bond acceptors (Lipinski definition) is 8. The summed E-state index contributed by atoms with van der Waals surface area (Å²) in [5, 5.41) is 12.4. The van der Waals surface area contributed by atoms with E-state index in [4.69, 9.17) is 0 Å². The van der Waals surface area contributed by atoms with Crippen molar-refractivity contribution in [2.75, 3.05) is 4.72 Å². The highest BCUT2D eigenvalue weighted by Gasteiger charge is 2.28. The molecule has 0 saturated carbocycles. The third kappa shape index (κ3) is 3.14. The fraction of sp³-hybridized carbons (Fsp3) is 0.357. The number of sulfonamides is 1. The molecule has 128 valence electrons. The molecule has 2 aromatic heterocycles. The van der Waals surface area contributed by atoms with Crippen LogP contribution >= 0.6 is 23.1 Å². The van der Waals surface area contributed by atoms with Gasteiger partial charge >= 0.3 is 0 Å². The summed E-state index contributed by atoms with van der Waals surface area (Å²) in [6.07, 6.45) is 1.01. The first kappa shape index (κ1) is 17.2. The van der Waals surface area contributed by atoms with Gasteiger partial charge in [-0.1, -0.05) is 13.8 Å². The standard InChI is InChI=1S/C14H16N4O3S3/c1-3-14(19,4-2)12-8-22-13(15-12)18-24(20,21)9-5-6-10-11(7-9)17-23-16-10/h5-8,19H,3-4H2,1-2H3,(H,15,18). The highest BCUT2D eigenvalue weighted by molar-refractivity contribution is 7.93. The fourth-order valence-electron chi connectivity index (χ4n) is 2.25. The lowest BCUT2D eigenvalue weighted by Crippen LogP contribution is -2.24. The minimum atomic E-state index is -3.78. The van der Waals surface area contributed by atoms with E-state index in [1.165, 1.54) is 12.1 Å². The number of aliphatic hydroxyl groups is 1. The Morgan fingerprint density at radius 1 is 1.21 bits per heavy atom. The van der Waals surface area contributed by atoms with Crippen LogP contribution in [0.25, 0.3) is 11.0 Å². The maximum atomic E-state index is 12.5. The zero-order chi connectivity index (χ0) is 17.4. The SMILES string of the molecule is CCC(O)(CC)c1csc(NS(=O)(=O)c2ccc3nsnc3c2)n1. The molecule has 0 bridgehead atoms. The Morgan fingerprint density at radius 3 is 2.62 bits per heavy atom. The second kappa shape index (κ2) is 6.36. The zero-order valence-electron chi connectivity index (χ0n) is 13.1. The number of thiazole rings is 1. The van der Waals surface area contributed by atoms with Gasteiger partial charge in [-0.15, -0.1) is 11.3 Å². The number of benzene rings is 1. The van der Waals surface area contributed by atoms with E-state index in [1.807, 2.05) is 13.8 Å². The van der Waals surface area contributed by atoms with Crippen LogP contribution in [0.1, 0.15) is 32.4 Å². The third-order valence-corrected chi connectivity index (χ3v) is 6.69. The maximum absolute atomic E-state index is 12.5. The molecule has 0 fully saturated rings. The van der Waals surface area contributed by atoms with Crippen LogP contribution in [0.4, 0.5) is 5.13 Å². The predicted molar refractivity (Wildman–Crippen MR) is 94.8 cm³/mol. The van der Waals surface area contributed by atoms with Crippen molar-refractivity contribution in [3.05, 3.63) is 29.3 Å². The van der Waals surface area contributed by atoms with Gasteiger partial charge in [-0.3, -0.25) is 4.72 Å². The number of rotatable bonds is 6. The maximum Gasteiger partial charge on any atom is 0.263 e. The average molecular weight is 385 g/mol. The lowest BCUT2D eigenvalue weighted by atomic mass is 9.94. The lowest BCUT2D eigenvalue weighted by Gasteiger charge is -2.22. The average Bonchev–Trinajstić information content (AvgIpc) is 3.22. The monoisotopic (exact) mass is 384 g/mol. The summed E-state index contributed by atoms with van der Waals surface area (Å²) in [7, 11) is -3.78. The topological polar surface area (TPSA) is 105 Å². The van der Waals surface area contributed by atoms with E-state index in [9.17, 15) is 13.5 Å². The second-order valence-corrected chi connectivity index (χ2v) is 8.37. The largest absolute Gasteiger partial charge is 0.384 e. The molecule has 2 N–H and O–H groups in total. The number of anilines is 1. The van der Waals surface area contributed by atoms with Crippen LogP contribution in [0.15, 0.2) is 28.5 Å². The van der Waals surface area contributed by atoms with Crippen LogP contribution in [0.5, 0.6) is 0 Å². The molecule has 10 heteroatoms. The van der Waals surface area contributed by atoms with Gasteiger partial charge in [-0.05, 0) is 31.0 Å². The third-order valence-electron chi connectivity index (χ3n) is 3.91. The summed E-state index contributed by atoms with van der Waals surface area (Å²) in [6.45, 7) is 3.73. The van der Waals surface area contributed by atoms with Crippen LogP contribution in [-0.2, 0) is 15.6 Å². The molecule has 1 aromatic carbocycles. The van der Waals surface area contributed by atoms with E-state index in [1.54, 1.807) is 11.4 Å². The zero-order valence-corrected chi connectivity index (χ0v) is 15.5. The van der Waals surface area contributed by atoms with Crippen LogP contribution in [-0.4, -0.2) is 27.3 Å². The van der Waals surface area contributed by atoms with Gasteiger partial charge in [0.2, 0.25) is 0 Å². The van der Waals surface area contributed by atoms with Crippen molar-refractivity contribution in [2.45, 2.75) is 37.2 Å². The van der Waals surface area contributed by atoms with E-state index in [0.717, 1.165) is 23.1 Å². The van der Waals surface area contributed by atoms with Crippen molar-refractivity contribution in [3.8, 4) is 0 Å². The normalized spacial score (nSPS) is 12.6. The Morgan fingerprint density at radius 2 is 1.92 bits per heavy atom. The summed E-state index contributed by atoms with van der Waals surface area (Å²) in [6, 6.07) is 4.58. The molecule has 0 spiro atoms. The number of nitrogens with one attached hydrogen (secondary N) is 1. The molecular formula is C14H16N4O3S3. The molecular weight excluding hydrogens is 368 g/mol. The first-order chi connectivity index (χ1) is 11.4. The molecule has 0 atom stereocenters. The van der Waals surface area contributed by atoms with Crippen LogP contribution < -0.4 is 4.72 Å². The highest BCUT2D eigenvalue weighted by atomic mass is 32.2. The van der Waals surface area contributed by atoms with Crippen molar-refractivity contribution >= 4 is 49.3 Å². The molecule has 0 radical (unpaired) electrons. The van der Waals surface area contributed by atoms with Crippen molar-refractivity contribution in [2.24, 2.45) is 0 Å². The number of aromatic nitrogens is 3. The molecule has 24 heavy (non-hydrogen) atoms. The predicted octanol–water partition coefficient (Wildman–Crippen LogP) is 2.96. The Kier molecular flexibility index (Phi) is 4.56. The minimum absolute atomic E-state index is 0.0979. The van der Waals surface area contributed by atoms with E-state index >= 15 is 0 Å². The molecule has 3 rings (SSSR count). The summed E-state index contributed by atoms with van der Waals surface area (Å²) >= 11 is 2.18. The summed E-state index contributed by atoms with van der Waals surface area (Å²) in [5.74, 6) is 0. The van der Waals surface area contributed by atoms with Gasteiger partial charge in [0.1, 0.15) is 16.6 Å². The van der Waals surface area contributed by atoms with Gasteiger partial charge < -0.3 is 5.11 Å². The number of hydrogen-bond donors (Lipinski definition) is 2. The fourth-order valence-corrected chi connectivity index (χ4v) is 4.84. The van der Waals surface area contributed by atoms with Crippen molar-refractivity contribution < 1.29 is 13.5 Å². The van der Waals surface area contributed by atoms with Gasteiger partial charge in [0.25, 0.3) is 10.0 Å². The molecule has 0 saturated heterocycles. The van der Waals surface area contributed by atoms with Gasteiger partial charge in [0.05, 0.1) is 22.3 Å². The smallest absolute Gasteiger partial charge is 0.263 e. The first-order valence-corrected chi connectivity index (χ1v) is 10.4. The van der Waals surface area contributed by atoms with Gasteiger partial charge in [-0.25, -0.2) is 13.4 Å². The van der Waals surface area contributed by atoms with E-state index in [2.05, 4.69) is 18.5 Å². The van der Waals surface area contributed by atoms with E-state index in [0.29, 0.717) is 29.6 Å². The highest BCUT2D eigenvalue weighted by Crippen LogP contribution is 2.31. The van der Waals surface area contributed by atoms with Crippen molar-refractivity contribution in [1.82, 2.24) is 13.7 Å². The lowest BCUT2D eigenvalue weighted by molar-refractivity contribution is 0.0247. The quantitative estimate of drug-likeness (QED) is 0.677. The molecule has 7 nitrogen and oxygen atoms in total. The first-order valence-electron chi connectivity index (χ1n) is 7.31. The van der Waals surface area contributed by atoms with Crippen LogP contribution in [0.2, 0.25) is 0 Å². The molecule has 2 heterocycles. The van der Waals surface area contributed by atoms with Crippen LogP contribution in [0.3, 0.4) is 0 Å². The minimum Gasteiger partial charge on any atom is -0.384 e. The Balaban J connectivity index is 1.88. The van der Waals surface area contributed by atoms with Crippen molar-refractivity contribution in [1.29, 1.82) is 0 Å². The van der Waals surface area contributed by atoms with Gasteiger partial charge in [0, 0.05) is 5.38 Å². The van der Waals surface area contributed by atoms with Gasteiger partial charge in [-0.2, -0.15) is 8.75 Å². The summed E-state index contributed by atoms with van der Waals surface area (Å²) in [4.78, 5) is 4.34. The Hall–Kier alpha value is -1.62. The number of nitrogens with zero attached hydrogens (tertiary/aromatic N) is 3. The number of fused-ring (bicyclic) bond motifs is 1. The molecule has 0 aliphatic carbocycles. The molecule has 0 aliphatic rings. The Labute approximate surface area is 147 Å². The van der Waals surface area contributed by atoms with Crippen LogP contribution in [0, 0.1) is 0 Å². The molecule has 0 amide bonds. The van der Waals surface area contributed by atoms with E-state index < -0.39 is 15.6 Å². The summed E-state index contributed by atoms with van der Waals surface area (Å²) < 4.78 is 35.6. The molecule has 0 aliphatic heterocycles. The second-order valence-electron chi connectivity index (χ2n) is 5.30. The van der Waals surface area contributed by atoms with Gasteiger partial charge in [0.15, 0.2) is 5.13 Å². The van der Waals surface area contributed by atoms with Crippen molar-refractivity contribution in [3.63, 3.8) is 0 Å². The molecule has 0 unspecified atom stereocenters.